The van der Waals surface area contributed by atoms with Gasteiger partial charge < -0.3 is 19.5 Å². The largest absolute Gasteiger partial charge is 0.493 e. The van der Waals surface area contributed by atoms with Crippen LogP contribution in [-0.2, 0) is 21.2 Å². The highest BCUT2D eigenvalue weighted by Gasteiger charge is 2.28. The molecule has 1 N–H and O–H groups in total. The van der Waals surface area contributed by atoms with Crippen LogP contribution in [0.2, 0.25) is 5.02 Å². The molecule has 3 rings (SSSR count). The first kappa shape index (κ1) is 29.1. The summed E-state index contributed by atoms with van der Waals surface area (Å²) in [5, 5.41) is 3.28. The summed E-state index contributed by atoms with van der Waals surface area (Å²) in [4.78, 5) is 12.9. The molecule has 0 saturated heterocycles. The Bertz CT molecular complexity index is 1320. The van der Waals surface area contributed by atoms with Crippen molar-refractivity contribution in [3.63, 3.8) is 0 Å². The molecule has 0 aromatic heterocycles. The second kappa shape index (κ2) is 13.9. The minimum absolute atomic E-state index is 0.0402. The van der Waals surface area contributed by atoms with Gasteiger partial charge in [-0.25, -0.2) is 8.42 Å². The average molecular weight is 561 g/mol. The number of methoxy groups -OCH3 is 2. The van der Waals surface area contributed by atoms with Crippen molar-refractivity contribution in [2.24, 2.45) is 0 Å². The van der Waals surface area contributed by atoms with Gasteiger partial charge in [0.2, 0.25) is 5.91 Å². The van der Waals surface area contributed by atoms with Gasteiger partial charge in [-0.05, 0) is 67.3 Å². The minimum Gasteiger partial charge on any atom is -0.493 e. The molecule has 0 radical (unpaired) electrons. The first-order valence-corrected chi connectivity index (χ1v) is 14.1. The first-order chi connectivity index (χ1) is 18.3. The molecular weight excluding hydrogens is 528 g/mol. The smallest absolute Gasteiger partial charge is 0.264 e. The number of sulfonamides is 1. The summed E-state index contributed by atoms with van der Waals surface area (Å²) in [5.41, 5.74) is 1.37. The second-order valence-electron chi connectivity index (χ2n) is 8.41. The minimum atomic E-state index is -4.13. The number of halogens is 1. The van der Waals surface area contributed by atoms with Gasteiger partial charge >= 0.3 is 0 Å². The number of carbonyl (C=O) groups excluding carboxylic acids is 1. The summed E-state index contributed by atoms with van der Waals surface area (Å²) < 4.78 is 44.7. The zero-order chi connectivity index (χ0) is 27.5. The van der Waals surface area contributed by atoms with Gasteiger partial charge in [0, 0.05) is 17.6 Å². The summed E-state index contributed by atoms with van der Waals surface area (Å²) in [6.07, 6.45) is 2.30. The maximum atomic E-state index is 13.7. The fourth-order valence-corrected chi connectivity index (χ4v) is 5.35. The maximum Gasteiger partial charge on any atom is 0.264 e. The quantitative estimate of drug-likeness (QED) is 0.276. The highest BCUT2D eigenvalue weighted by atomic mass is 35.5. The van der Waals surface area contributed by atoms with Crippen molar-refractivity contribution in [1.82, 2.24) is 5.32 Å². The van der Waals surface area contributed by atoms with E-state index >= 15 is 0 Å². The average Bonchev–Trinajstić information content (AvgIpc) is 2.93. The van der Waals surface area contributed by atoms with Crippen LogP contribution in [0.5, 0.6) is 17.2 Å². The number of nitrogens with one attached hydrogen (secondary N) is 1. The van der Waals surface area contributed by atoms with Crippen LogP contribution in [0.15, 0.2) is 71.6 Å². The van der Waals surface area contributed by atoms with E-state index in [1.54, 1.807) is 24.3 Å². The molecule has 0 atom stereocenters. The zero-order valence-corrected chi connectivity index (χ0v) is 23.3. The van der Waals surface area contributed by atoms with Crippen LogP contribution in [0.1, 0.15) is 25.3 Å². The summed E-state index contributed by atoms with van der Waals surface area (Å²) in [7, 11) is -1.24. The van der Waals surface area contributed by atoms with Gasteiger partial charge in [0.25, 0.3) is 10.0 Å². The molecule has 0 unspecified atom stereocenters. The van der Waals surface area contributed by atoms with E-state index in [1.165, 1.54) is 32.4 Å². The van der Waals surface area contributed by atoms with Gasteiger partial charge in [-0.3, -0.25) is 9.10 Å². The van der Waals surface area contributed by atoms with E-state index in [0.717, 1.165) is 22.0 Å². The lowest BCUT2D eigenvalue weighted by Gasteiger charge is -2.24. The molecule has 0 aliphatic heterocycles. The first-order valence-electron chi connectivity index (χ1n) is 12.3. The second-order valence-corrected chi connectivity index (χ2v) is 10.7. The normalized spacial score (nSPS) is 11.1. The Labute approximate surface area is 229 Å². The molecule has 3 aromatic rings. The van der Waals surface area contributed by atoms with Gasteiger partial charge in [-0.15, -0.1) is 0 Å². The standard InChI is InChI=1S/C28H33ClN2O6S/c1-4-18-37-25-10-6-5-8-21(25)9-7-17-30-28(32)20-31(23-13-11-22(29)12-14-23)38(33,34)24-15-16-26(35-2)27(19-24)36-3/h5-6,8,10-16,19H,4,7,9,17-18,20H2,1-3H3,(H,30,32). The van der Waals surface area contributed by atoms with Gasteiger partial charge in [-0.2, -0.15) is 0 Å². The summed E-state index contributed by atoms with van der Waals surface area (Å²) >= 11 is 6.01. The van der Waals surface area contributed by atoms with Crippen LogP contribution >= 0.6 is 11.6 Å². The Kier molecular flexibility index (Phi) is 10.7. The molecule has 0 saturated carbocycles. The van der Waals surface area contributed by atoms with E-state index in [-0.39, 0.29) is 10.6 Å². The number of rotatable bonds is 14. The van der Waals surface area contributed by atoms with Gasteiger partial charge in [-0.1, -0.05) is 36.7 Å². The topological polar surface area (TPSA) is 94.2 Å². The highest BCUT2D eigenvalue weighted by molar-refractivity contribution is 7.92. The van der Waals surface area contributed by atoms with Crippen molar-refractivity contribution in [3.05, 3.63) is 77.3 Å². The van der Waals surface area contributed by atoms with Crippen molar-refractivity contribution in [1.29, 1.82) is 0 Å². The summed E-state index contributed by atoms with van der Waals surface area (Å²) in [6.45, 7) is 2.67. The van der Waals surface area contributed by atoms with E-state index in [1.807, 2.05) is 24.3 Å². The highest BCUT2D eigenvalue weighted by Crippen LogP contribution is 2.32. The lowest BCUT2D eigenvalue weighted by molar-refractivity contribution is -0.119. The Morgan fingerprint density at radius 1 is 0.947 bits per heavy atom. The fourth-order valence-electron chi connectivity index (χ4n) is 3.78. The molecule has 8 nitrogen and oxygen atoms in total. The number of para-hydroxylation sites is 1. The van der Waals surface area contributed by atoms with E-state index in [2.05, 4.69) is 12.2 Å². The number of anilines is 1. The summed E-state index contributed by atoms with van der Waals surface area (Å²) in [5.74, 6) is 1.07. The number of nitrogens with zero attached hydrogens (tertiary/aromatic N) is 1. The lowest BCUT2D eigenvalue weighted by Crippen LogP contribution is -2.41. The van der Waals surface area contributed by atoms with Crippen LogP contribution in [0, 0.1) is 0 Å². The number of hydrogen-bond donors (Lipinski definition) is 1. The van der Waals surface area contributed by atoms with Gasteiger partial charge in [0.05, 0.1) is 31.4 Å². The Morgan fingerprint density at radius 3 is 2.34 bits per heavy atom. The number of ether oxygens (including phenoxy) is 3. The summed E-state index contributed by atoms with van der Waals surface area (Å²) in [6, 6.07) is 18.4. The maximum absolute atomic E-state index is 13.7. The van der Waals surface area contributed by atoms with E-state index in [0.29, 0.717) is 42.5 Å². The molecule has 0 aliphatic rings. The van der Waals surface area contributed by atoms with E-state index < -0.39 is 22.5 Å². The molecular formula is C28H33ClN2O6S. The predicted octanol–water partition coefficient (Wildman–Crippen LogP) is 5.09. The molecule has 0 aliphatic carbocycles. The van der Waals surface area contributed by atoms with Crippen molar-refractivity contribution >= 4 is 33.2 Å². The molecule has 0 spiro atoms. The number of amides is 1. The molecule has 38 heavy (non-hydrogen) atoms. The van der Waals surface area contributed by atoms with Crippen LogP contribution < -0.4 is 23.8 Å². The molecule has 10 heteroatoms. The number of carbonyl (C=O) groups is 1. The van der Waals surface area contributed by atoms with E-state index in [4.69, 9.17) is 25.8 Å². The lowest BCUT2D eigenvalue weighted by atomic mass is 10.1. The molecule has 204 valence electrons. The van der Waals surface area contributed by atoms with Gasteiger partial charge in [0.1, 0.15) is 12.3 Å². The van der Waals surface area contributed by atoms with Crippen molar-refractivity contribution in [3.8, 4) is 17.2 Å². The van der Waals surface area contributed by atoms with E-state index in [9.17, 15) is 13.2 Å². The van der Waals surface area contributed by atoms with Crippen molar-refractivity contribution < 1.29 is 27.4 Å². The third kappa shape index (κ3) is 7.55. The molecule has 0 heterocycles. The Hall–Kier alpha value is -3.43. The monoisotopic (exact) mass is 560 g/mol. The Morgan fingerprint density at radius 2 is 1.66 bits per heavy atom. The Balaban J connectivity index is 1.73. The number of hydrogen-bond acceptors (Lipinski definition) is 6. The van der Waals surface area contributed by atoms with Crippen LogP contribution in [-0.4, -0.2) is 48.2 Å². The zero-order valence-electron chi connectivity index (χ0n) is 21.8. The SMILES string of the molecule is CCCOc1ccccc1CCCNC(=O)CN(c1ccc(Cl)cc1)S(=O)(=O)c1ccc(OC)c(OC)c1. The van der Waals surface area contributed by atoms with Gasteiger partial charge in [0.15, 0.2) is 11.5 Å². The third-order valence-electron chi connectivity index (χ3n) is 5.72. The van der Waals surface area contributed by atoms with Crippen LogP contribution in [0.25, 0.3) is 0 Å². The van der Waals surface area contributed by atoms with Crippen LogP contribution in [0.3, 0.4) is 0 Å². The number of aryl methyl sites for hydroxylation is 1. The molecule has 0 bridgehead atoms. The van der Waals surface area contributed by atoms with Crippen molar-refractivity contribution in [2.75, 3.05) is 38.2 Å². The van der Waals surface area contributed by atoms with Crippen LogP contribution in [0.4, 0.5) is 5.69 Å². The molecule has 1 amide bonds. The predicted molar refractivity (Wildman–Crippen MR) is 149 cm³/mol. The fraction of sp³-hybridized carbons (Fsp3) is 0.321. The third-order valence-corrected chi connectivity index (χ3v) is 7.75. The molecule has 0 fully saturated rings. The number of benzene rings is 3. The molecule has 3 aromatic carbocycles. The van der Waals surface area contributed by atoms with Crippen molar-refractivity contribution in [2.45, 2.75) is 31.1 Å².